The maximum absolute atomic E-state index is 4.95. The number of hydrogen-bond acceptors (Lipinski definition) is 1. The Hall–Kier alpha value is 0.0249. The Morgan fingerprint density at radius 1 is 2.00 bits per heavy atom. The molecule has 1 rings (SSSR count). The average Bonchev–Trinajstić information content (AvgIpc) is 2.21. The lowest BCUT2D eigenvalue weighted by Gasteiger charge is -1.77. The van der Waals surface area contributed by atoms with E-state index in [1.54, 1.807) is 0 Å². The highest BCUT2D eigenvalue weighted by atomic mass is 16.6. The van der Waals surface area contributed by atoms with Gasteiger partial charge in [-0.15, -0.1) is 0 Å². The first-order chi connectivity index (χ1) is 2.93. The van der Waals surface area contributed by atoms with Gasteiger partial charge in [0.2, 0.25) is 0 Å². The highest BCUT2D eigenvalue weighted by Crippen LogP contribution is 2.12. The summed E-state index contributed by atoms with van der Waals surface area (Å²) < 4.78 is 4.95. The van der Waals surface area contributed by atoms with Gasteiger partial charge in [0.1, 0.15) is 7.28 Å². The summed E-state index contributed by atoms with van der Waals surface area (Å²) in [5.41, 5.74) is 0. The van der Waals surface area contributed by atoms with Crippen molar-refractivity contribution >= 4 is 7.28 Å². The van der Waals surface area contributed by atoms with Gasteiger partial charge in [0.15, 0.2) is 0 Å². The largest absolute Gasteiger partial charge is 0.374 e. The predicted octanol–water partition coefficient (Wildman–Crippen LogP) is 0.288. The Labute approximate surface area is 38.9 Å². The number of ether oxygens (including phenoxy) is 1. The lowest BCUT2D eigenvalue weighted by molar-refractivity contribution is 0.423. The molecule has 1 aliphatic heterocycles. The topological polar surface area (TPSA) is 12.5 Å². The van der Waals surface area contributed by atoms with E-state index in [0.29, 0.717) is 6.10 Å². The normalized spacial score (nSPS) is 29.8. The van der Waals surface area contributed by atoms with Crippen LogP contribution in [-0.4, -0.2) is 20.0 Å². The lowest BCUT2D eigenvalue weighted by Crippen LogP contribution is -1.86. The average molecular weight is 83.9 g/mol. The minimum atomic E-state index is 0.648. The summed E-state index contributed by atoms with van der Waals surface area (Å²) in [6.45, 7) is 3.20. The smallest absolute Gasteiger partial charge is 0.120 e. The lowest BCUT2D eigenvalue weighted by atomic mass is 9.77. The highest BCUT2D eigenvalue weighted by molar-refractivity contribution is 6.33. The van der Waals surface area contributed by atoms with Crippen molar-refractivity contribution in [2.75, 3.05) is 6.61 Å². The quantitative estimate of drug-likeness (QED) is 0.346. The number of hydrogen-bond donors (Lipinski definition) is 0. The molecule has 1 unspecified atom stereocenters. The van der Waals surface area contributed by atoms with Crippen LogP contribution in [0.3, 0.4) is 0 Å². The molecule has 0 N–H and O–H groups in total. The molecule has 0 bridgehead atoms. The molecule has 34 valence electrons. The fourth-order valence-corrected chi connectivity index (χ4v) is 0.557. The van der Waals surface area contributed by atoms with E-state index in [1.165, 1.54) is 13.6 Å². The van der Waals surface area contributed by atoms with Crippen molar-refractivity contribution in [2.45, 2.75) is 19.2 Å². The molecule has 0 radical (unpaired) electrons. The van der Waals surface area contributed by atoms with Crippen molar-refractivity contribution in [3.05, 3.63) is 0 Å². The van der Waals surface area contributed by atoms with Crippen LogP contribution in [0.5, 0.6) is 0 Å². The van der Waals surface area contributed by atoms with Crippen LogP contribution in [0.4, 0.5) is 0 Å². The van der Waals surface area contributed by atoms with E-state index in [-0.39, 0.29) is 0 Å². The molecule has 0 spiro atoms. The standard InChI is InChI=1S/C4H9BO/c1-5-2-4-3-6-4/h4-5H,2-3H2,1H3. The molecule has 0 saturated carbocycles. The van der Waals surface area contributed by atoms with Crippen LogP contribution in [0, 0.1) is 0 Å². The van der Waals surface area contributed by atoms with Crippen LogP contribution in [-0.2, 0) is 4.74 Å². The number of rotatable bonds is 2. The Kier molecular flexibility index (Phi) is 1.15. The summed E-state index contributed by atoms with van der Waals surface area (Å²) in [6.07, 6.45) is 1.91. The molecule has 0 amide bonds. The summed E-state index contributed by atoms with van der Waals surface area (Å²) in [7, 11) is 1.27. The van der Waals surface area contributed by atoms with E-state index in [0.717, 1.165) is 6.61 Å². The molecule has 0 aliphatic carbocycles. The highest BCUT2D eigenvalue weighted by Gasteiger charge is 2.19. The van der Waals surface area contributed by atoms with Gasteiger partial charge in [-0.1, -0.05) is 6.82 Å². The molecule has 1 atom stereocenters. The van der Waals surface area contributed by atoms with Gasteiger partial charge in [0, 0.05) is 0 Å². The summed E-state index contributed by atoms with van der Waals surface area (Å²) in [5.74, 6) is 0. The first-order valence-electron chi connectivity index (χ1n) is 2.55. The van der Waals surface area contributed by atoms with Crippen LogP contribution in [0.15, 0.2) is 0 Å². The van der Waals surface area contributed by atoms with E-state index in [2.05, 4.69) is 6.82 Å². The van der Waals surface area contributed by atoms with Gasteiger partial charge in [-0.3, -0.25) is 0 Å². The minimum Gasteiger partial charge on any atom is -0.374 e. The third-order valence-electron chi connectivity index (χ3n) is 1.01. The molecule has 1 fully saturated rings. The Morgan fingerprint density at radius 2 is 2.67 bits per heavy atom. The SMILES string of the molecule is CBCC1CO1. The van der Waals surface area contributed by atoms with E-state index in [9.17, 15) is 0 Å². The van der Waals surface area contributed by atoms with Crippen LogP contribution in [0.2, 0.25) is 13.1 Å². The fraction of sp³-hybridized carbons (Fsp3) is 1.00. The maximum atomic E-state index is 4.95. The second-order valence-corrected chi connectivity index (χ2v) is 1.74. The minimum absolute atomic E-state index is 0.648. The van der Waals surface area contributed by atoms with Gasteiger partial charge in [-0.05, 0) is 6.32 Å². The molecule has 1 saturated heterocycles. The van der Waals surface area contributed by atoms with E-state index in [4.69, 9.17) is 4.74 Å². The summed E-state index contributed by atoms with van der Waals surface area (Å²) in [4.78, 5) is 0. The molecule has 6 heavy (non-hydrogen) atoms. The molecule has 1 aliphatic rings. The van der Waals surface area contributed by atoms with Crippen molar-refractivity contribution in [2.24, 2.45) is 0 Å². The Balaban J connectivity index is 1.88. The van der Waals surface area contributed by atoms with Crippen molar-refractivity contribution in [3.8, 4) is 0 Å². The van der Waals surface area contributed by atoms with Crippen LogP contribution in [0.1, 0.15) is 0 Å². The molecule has 1 nitrogen and oxygen atoms in total. The molecule has 1 heterocycles. The van der Waals surface area contributed by atoms with E-state index < -0.39 is 0 Å². The van der Waals surface area contributed by atoms with Crippen molar-refractivity contribution < 1.29 is 4.74 Å². The summed E-state index contributed by atoms with van der Waals surface area (Å²) in [6, 6.07) is 0. The Bertz CT molecular complexity index is 42.8. The molecule has 0 aromatic rings. The second-order valence-electron chi connectivity index (χ2n) is 1.74. The van der Waals surface area contributed by atoms with Gasteiger partial charge in [0.25, 0.3) is 0 Å². The van der Waals surface area contributed by atoms with Crippen molar-refractivity contribution in [3.63, 3.8) is 0 Å². The van der Waals surface area contributed by atoms with Crippen LogP contribution in [0.25, 0.3) is 0 Å². The zero-order chi connectivity index (χ0) is 4.41. The maximum Gasteiger partial charge on any atom is 0.120 e. The Morgan fingerprint density at radius 3 is 2.83 bits per heavy atom. The van der Waals surface area contributed by atoms with Gasteiger partial charge in [0.05, 0.1) is 12.7 Å². The first kappa shape index (κ1) is 4.19. The van der Waals surface area contributed by atoms with E-state index >= 15 is 0 Å². The first-order valence-corrected chi connectivity index (χ1v) is 2.55. The van der Waals surface area contributed by atoms with E-state index in [1.807, 2.05) is 0 Å². The molecule has 2 heteroatoms. The van der Waals surface area contributed by atoms with Crippen molar-refractivity contribution in [1.29, 1.82) is 0 Å². The second kappa shape index (κ2) is 1.65. The van der Waals surface area contributed by atoms with Gasteiger partial charge in [-0.2, -0.15) is 0 Å². The predicted molar refractivity (Wildman–Crippen MR) is 27.6 cm³/mol. The van der Waals surface area contributed by atoms with Gasteiger partial charge >= 0.3 is 0 Å². The van der Waals surface area contributed by atoms with Crippen molar-refractivity contribution in [1.82, 2.24) is 0 Å². The molecular formula is C4H9BO. The summed E-state index contributed by atoms with van der Waals surface area (Å²) in [5, 5.41) is 0. The molecule has 0 aromatic heterocycles. The molecular weight excluding hydrogens is 74.9 g/mol. The zero-order valence-electron chi connectivity index (χ0n) is 4.11. The third kappa shape index (κ3) is 1.01. The van der Waals surface area contributed by atoms with Crippen LogP contribution < -0.4 is 0 Å². The summed E-state index contributed by atoms with van der Waals surface area (Å²) >= 11 is 0. The fourth-order valence-electron chi connectivity index (χ4n) is 0.557. The van der Waals surface area contributed by atoms with Gasteiger partial charge < -0.3 is 4.74 Å². The van der Waals surface area contributed by atoms with Crippen LogP contribution >= 0.6 is 0 Å². The third-order valence-corrected chi connectivity index (χ3v) is 1.01. The molecule has 0 aromatic carbocycles. The monoisotopic (exact) mass is 84.1 g/mol. The zero-order valence-corrected chi connectivity index (χ0v) is 4.11. The number of epoxide rings is 1. The van der Waals surface area contributed by atoms with Gasteiger partial charge in [-0.25, -0.2) is 0 Å².